The highest BCUT2D eigenvalue weighted by atomic mass is 32.2. The van der Waals surface area contributed by atoms with E-state index < -0.39 is 0 Å². The molecular formula is C29H39N3O2S. The maximum atomic E-state index is 12.9. The Morgan fingerprint density at radius 3 is 2.29 bits per heavy atom. The quantitative estimate of drug-likeness (QED) is 0.436. The van der Waals surface area contributed by atoms with Crippen LogP contribution in [-0.2, 0) is 17.9 Å². The van der Waals surface area contributed by atoms with Crippen molar-refractivity contribution in [1.29, 1.82) is 0 Å². The van der Waals surface area contributed by atoms with Crippen molar-refractivity contribution in [2.75, 3.05) is 25.4 Å². The zero-order chi connectivity index (χ0) is 24.3. The number of amides is 2. The summed E-state index contributed by atoms with van der Waals surface area (Å²) >= 11 is 1.43. The minimum atomic E-state index is -0.104. The van der Waals surface area contributed by atoms with Crippen molar-refractivity contribution in [3.63, 3.8) is 0 Å². The number of carbonyl (C=O) groups excluding carboxylic acids is 2. The molecule has 1 saturated heterocycles. The lowest BCUT2D eigenvalue weighted by atomic mass is 9.89. The summed E-state index contributed by atoms with van der Waals surface area (Å²) < 4.78 is 0. The van der Waals surface area contributed by atoms with Gasteiger partial charge in [-0.05, 0) is 68.0 Å². The zero-order valence-electron chi connectivity index (χ0n) is 20.8. The van der Waals surface area contributed by atoms with Gasteiger partial charge in [0.05, 0.1) is 11.3 Å². The van der Waals surface area contributed by atoms with E-state index in [-0.39, 0.29) is 11.8 Å². The molecule has 2 fully saturated rings. The fraction of sp³-hybridized carbons (Fsp3) is 0.517. The standard InChI is InChI=1S/C29H39N3O2S/c33-28(30-19-23-9-3-1-4-10-23)22-35-27-12-6-5-11-26(27)29(34)31-20-24-13-15-25(16-14-24)21-32-17-7-2-8-18-32/h5-6,11-16,23H,1-4,7-10,17-22H2,(H,30,33)(H,31,34). The van der Waals surface area contributed by atoms with Gasteiger partial charge in [-0.3, -0.25) is 14.5 Å². The van der Waals surface area contributed by atoms with Crippen LogP contribution in [0.15, 0.2) is 53.4 Å². The van der Waals surface area contributed by atoms with Crippen molar-refractivity contribution >= 4 is 23.6 Å². The van der Waals surface area contributed by atoms with Crippen molar-refractivity contribution in [1.82, 2.24) is 15.5 Å². The van der Waals surface area contributed by atoms with E-state index >= 15 is 0 Å². The average Bonchev–Trinajstić information content (AvgIpc) is 2.91. The van der Waals surface area contributed by atoms with Crippen LogP contribution < -0.4 is 10.6 Å². The summed E-state index contributed by atoms with van der Waals surface area (Å²) in [6.07, 6.45) is 10.3. The summed E-state index contributed by atoms with van der Waals surface area (Å²) in [7, 11) is 0. The Balaban J connectivity index is 1.23. The van der Waals surface area contributed by atoms with Crippen LogP contribution in [0, 0.1) is 5.92 Å². The van der Waals surface area contributed by atoms with Crippen LogP contribution in [0.5, 0.6) is 0 Å². The van der Waals surface area contributed by atoms with Crippen molar-refractivity contribution in [2.45, 2.75) is 69.4 Å². The first kappa shape index (κ1) is 25.8. The average molecular weight is 494 g/mol. The molecule has 1 saturated carbocycles. The van der Waals surface area contributed by atoms with Gasteiger partial charge in [-0.2, -0.15) is 0 Å². The van der Waals surface area contributed by atoms with E-state index in [1.807, 2.05) is 24.3 Å². The second-order valence-electron chi connectivity index (χ2n) is 9.93. The predicted molar refractivity (Wildman–Crippen MR) is 143 cm³/mol. The normalized spacial score (nSPS) is 17.1. The number of nitrogens with zero attached hydrogens (tertiary/aromatic N) is 1. The molecule has 0 bridgehead atoms. The molecule has 188 valence electrons. The Morgan fingerprint density at radius 2 is 1.51 bits per heavy atom. The van der Waals surface area contributed by atoms with Crippen molar-refractivity contribution in [3.8, 4) is 0 Å². The molecule has 1 heterocycles. The number of benzene rings is 2. The first-order chi connectivity index (χ1) is 17.2. The molecule has 2 aromatic rings. The van der Waals surface area contributed by atoms with E-state index in [0.29, 0.717) is 23.8 Å². The lowest BCUT2D eigenvalue weighted by molar-refractivity contribution is -0.118. The minimum absolute atomic E-state index is 0.0421. The second-order valence-corrected chi connectivity index (χ2v) is 10.9. The zero-order valence-corrected chi connectivity index (χ0v) is 21.6. The summed E-state index contributed by atoms with van der Waals surface area (Å²) in [6, 6.07) is 16.1. The Hall–Kier alpha value is -2.31. The number of rotatable bonds is 10. The summed E-state index contributed by atoms with van der Waals surface area (Å²) in [5.41, 5.74) is 3.04. The van der Waals surface area contributed by atoms with Gasteiger partial charge in [-0.1, -0.05) is 62.1 Å². The van der Waals surface area contributed by atoms with Crippen molar-refractivity contribution in [2.24, 2.45) is 5.92 Å². The van der Waals surface area contributed by atoms with Gasteiger partial charge in [0.1, 0.15) is 0 Å². The molecule has 5 nitrogen and oxygen atoms in total. The summed E-state index contributed by atoms with van der Waals surface area (Å²) in [6.45, 7) is 4.66. The third-order valence-corrected chi connectivity index (χ3v) is 8.21. The van der Waals surface area contributed by atoms with Crippen LogP contribution in [0.4, 0.5) is 0 Å². The van der Waals surface area contributed by atoms with Crippen LogP contribution in [0.1, 0.15) is 72.9 Å². The lowest BCUT2D eigenvalue weighted by Crippen LogP contribution is -2.31. The molecule has 2 aromatic carbocycles. The molecule has 2 amide bonds. The molecule has 1 aliphatic heterocycles. The van der Waals surface area contributed by atoms with Crippen LogP contribution in [0.3, 0.4) is 0 Å². The first-order valence-corrected chi connectivity index (χ1v) is 14.2. The Bertz CT molecular complexity index is 951. The number of piperidine rings is 1. The van der Waals surface area contributed by atoms with Crippen LogP contribution in [-0.4, -0.2) is 42.1 Å². The number of hydrogen-bond donors (Lipinski definition) is 2. The van der Waals surface area contributed by atoms with E-state index in [1.165, 1.54) is 81.8 Å². The highest BCUT2D eigenvalue weighted by molar-refractivity contribution is 8.00. The fourth-order valence-corrected chi connectivity index (χ4v) is 5.92. The number of hydrogen-bond acceptors (Lipinski definition) is 4. The first-order valence-electron chi connectivity index (χ1n) is 13.2. The number of thioether (sulfide) groups is 1. The third kappa shape index (κ3) is 8.39. The van der Waals surface area contributed by atoms with Crippen LogP contribution >= 0.6 is 11.8 Å². The lowest BCUT2D eigenvalue weighted by Gasteiger charge is -2.26. The van der Waals surface area contributed by atoms with Gasteiger partial charge in [-0.25, -0.2) is 0 Å². The summed E-state index contributed by atoms with van der Waals surface area (Å²) in [5, 5.41) is 6.13. The van der Waals surface area contributed by atoms with Gasteiger partial charge < -0.3 is 10.6 Å². The number of likely N-dealkylation sites (tertiary alicyclic amines) is 1. The van der Waals surface area contributed by atoms with Crippen molar-refractivity contribution < 1.29 is 9.59 Å². The second kappa shape index (κ2) is 13.7. The molecule has 1 aliphatic carbocycles. The van der Waals surface area contributed by atoms with Gasteiger partial charge >= 0.3 is 0 Å². The molecular weight excluding hydrogens is 454 g/mol. The summed E-state index contributed by atoms with van der Waals surface area (Å²) in [4.78, 5) is 28.6. The highest BCUT2D eigenvalue weighted by Crippen LogP contribution is 2.24. The molecule has 0 aromatic heterocycles. The molecule has 6 heteroatoms. The maximum absolute atomic E-state index is 12.9. The smallest absolute Gasteiger partial charge is 0.252 e. The predicted octanol–water partition coefficient (Wildman–Crippen LogP) is 5.39. The Morgan fingerprint density at radius 1 is 0.829 bits per heavy atom. The van der Waals surface area contributed by atoms with Crippen LogP contribution in [0.2, 0.25) is 0 Å². The third-order valence-electron chi connectivity index (χ3n) is 7.13. The molecule has 2 aliphatic rings. The van der Waals surface area contributed by atoms with E-state index in [2.05, 4.69) is 39.8 Å². The van der Waals surface area contributed by atoms with Gasteiger partial charge in [0.2, 0.25) is 5.91 Å². The molecule has 0 atom stereocenters. The van der Waals surface area contributed by atoms with Gasteiger partial charge in [0.15, 0.2) is 0 Å². The Labute approximate surface area is 214 Å². The van der Waals surface area contributed by atoms with Gasteiger partial charge in [0, 0.05) is 24.5 Å². The van der Waals surface area contributed by atoms with E-state index in [4.69, 9.17) is 0 Å². The maximum Gasteiger partial charge on any atom is 0.252 e. The van der Waals surface area contributed by atoms with E-state index in [1.54, 1.807) is 0 Å². The highest BCUT2D eigenvalue weighted by Gasteiger charge is 2.16. The monoisotopic (exact) mass is 493 g/mol. The topological polar surface area (TPSA) is 61.4 Å². The van der Waals surface area contributed by atoms with Gasteiger partial charge in [0.25, 0.3) is 5.91 Å². The SMILES string of the molecule is O=C(CSc1ccccc1C(=O)NCc1ccc(CN2CCCCC2)cc1)NCC1CCCCC1. The van der Waals surface area contributed by atoms with Crippen molar-refractivity contribution in [3.05, 3.63) is 65.2 Å². The van der Waals surface area contributed by atoms with E-state index in [0.717, 1.165) is 23.5 Å². The summed E-state index contributed by atoms with van der Waals surface area (Å²) in [5.74, 6) is 0.887. The van der Waals surface area contributed by atoms with E-state index in [9.17, 15) is 9.59 Å². The Kier molecular flexibility index (Phi) is 10.1. The number of carbonyl (C=O) groups is 2. The minimum Gasteiger partial charge on any atom is -0.355 e. The van der Waals surface area contributed by atoms with Gasteiger partial charge in [-0.15, -0.1) is 11.8 Å². The molecule has 0 radical (unpaired) electrons. The number of nitrogens with one attached hydrogen (secondary N) is 2. The molecule has 0 spiro atoms. The largest absolute Gasteiger partial charge is 0.355 e. The molecule has 2 N–H and O–H groups in total. The molecule has 0 unspecified atom stereocenters. The molecule has 35 heavy (non-hydrogen) atoms. The molecule has 4 rings (SSSR count). The fourth-order valence-electron chi connectivity index (χ4n) is 5.04. The van der Waals surface area contributed by atoms with Crippen LogP contribution in [0.25, 0.3) is 0 Å².